The van der Waals surface area contributed by atoms with E-state index in [4.69, 9.17) is 20.9 Å². The lowest BCUT2D eigenvalue weighted by Gasteiger charge is -2.18. The summed E-state index contributed by atoms with van der Waals surface area (Å²) in [7, 11) is 1.60. The summed E-state index contributed by atoms with van der Waals surface area (Å²) in [6, 6.07) is 5.38. The van der Waals surface area contributed by atoms with Crippen molar-refractivity contribution in [2.45, 2.75) is 18.8 Å². The van der Waals surface area contributed by atoms with Crippen molar-refractivity contribution >= 4 is 11.6 Å². The number of piperidine rings is 1. The molecule has 1 aromatic heterocycles. The van der Waals surface area contributed by atoms with Gasteiger partial charge in [-0.2, -0.15) is 4.98 Å². The van der Waals surface area contributed by atoms with Crippen LogP contribution in [0.3, 0.4) is 0 Å². The molecule has 0 bridgehead atoms. The summed E-state index contributed by atoms with van der Waals surface area (Å²) in [5.74, 6) is 2.17. The van der Waals surface area contributed by atoms with Gasteiger partial charge in [-0.25, -0.2) is 0 Å². The molecule has 1 N–H and O–H groups in total. The van der Waals surface area contributed by atoms with Crippen LogP contribution < -0.4 is 10.1 Å². The molecule has 0 aliphatic carbocycles. The first-order chi connectivity index (χ1) is 9.78. The number of nitrogens with one attached hydrogen (secondary N) is 1. The molecule has 0 amide bonds. The molecular weight excluding hydrogens is 278 g/mol. The Morgan fingerprint density at radius 1 is 1.45 bits per heavy atom. The Balaban J connectivity index is 1.89. The molecule has 1 fully saturated rings. The van der Waals surface area contributed by atoms with Crippen molar-refractivity contribution < 1.29 is 9.26 Å². The Bertz CT molecular complexity index is 594. The Morgan fingerprint density at radius 3 is 3.10 bits per heavy atom. The maximum Gasteiger partial charge on any atom is 0.231 e. The van der Waals surface area contributed by atoms with E-state index in [0.29, 0.717) is 28.4 Å². The zero-order chi connectivity index (χ0) is 13.9. The first-order valence-corrected chi connectivity index (χ1v) is 7.04. The molecule has 3 rings (SSSR count). The SMILES string of the molecule is COc1cc(Cl)ccc1-c1noc([C@@H]2CCCNC2)n1. The van der Waals surface area contributed by atoms with Gasteiger partial charge < -0.3 is 14.6 Å². The lowest BCUT2D eigenvalue weighted by atomic mass is 10.00. The van der Waals surface area contributed by atoms with E-state index in [1.54, 1.807) is 19.2 Å². The van der Waals surface area contributed by atoms with Crippen LogP contribution in [-0.4, -0.2) is 30.3 Å². The van der Waals surface area contributed by atoms with E-state index < -0.39 is 0 Å². The summed E-state index contributed by atoms with van der Waals surface area (Å²) in [6.45, 7) is 1.95. The van der Waals surface area contributed by atoms with Gasteiger partial charge in [0, 0.05) is 11.6 Å². The minimum atomic E-state index is 0.295. The van der Waals surface area contributed by atoms with E-state index in [1.807, 2.05) is 6.07 Å². The van der Waals surface area contributed by atoms with Crippen LogP contribution in [0.4, 0.5) is 0 Å². The van der Waals surface area contributed by atoms with E-state index in [0.717, 1.165) is 31.5 Å². The van der Waals surface area contributed by atoms with Crippen LogP contribution in [0.25, 0.3) is 11.4 Å². The minimum Gasteiger partial charge on any atom is -0.496 e. The molecule has 1 atom stereocenters. The highest BCUT2D eigenvalue weighted by Crippen LogP contribution is 2.32. The molecule has 1 aromatic carbocycles. The van der Waals surface area contributed by atoms with Gasteiger partial charge in [0.15, 0.2) is 0 Å². The average molecular weight is 294 g/mol. The molecule has 0 unspecified atom stereocenters. The molecule has 0 saturated carbocycles. The number of nitrogens with zero attached hydrogens (tertiary/aromatic N) is 2. The third-order valence-corrected chi connectivity index (χ3v) is 3.73. The fraction of sp³-hybridized carbons (Fsp3) is 0.429. The van der Waals surface area contributed by atoms with Gasteiger partial charge in [-0.3, -0.25) is 0 Å². The molecular formula is C14H16ClN3O2. The zero-order valence-corrected chi connectivity index (χ0v) is 12.0. The topological polar surface area (TPSA) is 60.2 Å². The highest BCUT2D eigenvalue weighted by molar-refractivity contribution is 6.30. The molecule has 0 spiro atoms. The third-order valence-electron chi connectivity index (χ3n) is 3.49. The number of aromatic nitrogens is 2. The standard InChI is InChI=1S/C14H16ClN3O2/c1-19-12-7-10(15)4-5-11(12)13-17-14(20-18-13)9-3-2-6-16-8-9/h4-5,7,9,16H,2-3,6,8H2,1H3/t9-/m1/s1. The van der Waals surface area contributed by atoms with Crippen molar-refractivity contribution in [3.8, 4) is 17.1 Å². The first-order valence-electron chi connectivity index (χ1n) is 6.66. The molecule has 5 nitrogen and oxygen atoms in total. The zero-order valence-electron chi connectivity index (χ0n) is 11.2. The summed E-state index contributed by atoms with van der Waals surface area (Å²) >= 11 is 5.96. The van der Waals surface area contributed by atoms with Gasteiger partial charge in [0.2, 0.25) is 11.7 Å². The van der Waals surface area contributed by atoms with Gasteiger partial charge in [-0.05, 0) is 37.6 Å². The maximum atomic E-state index is 5.96. The summed E-state index contributed by atoms with van der Waals surface area (Å²) in [5, 5.41) is 8.02. The van der Waals surface area contributed by atoms with Crippen LogP contribution in [0.2, 0.25) is 5.02 Å². The van der Waals surface area contributed by atoms with Gasteiger partial charge in [0.1, 0.15) is 5.75 Å². The minimum absolute atomic E-state index is 0.295. The number of hydrogen-bond donors (Lipinski definition) is 1. The van der Waals surface area contributed by atoms with Crippen molar-refractivity contribution in [2.24, 2.45) is 0 Å². The van der Waals surface area contributed by atoms with Crippen LogP contribution in [0.5, 0.6) is 5.75 Å². The molecule has 20 heavy (non-hydrogen) atoms. The second-order valence-electron chi connectivity index (χ2n) is 4.84. The molecule has 2 aromatic rings. The quantitative estimate of drug-likeness (QED) is 0.943. The van der Waals surface area contributed by atoms with Crippen LogP contribution >= 0.6 is 11.6 Å². The predicted octanol–water partition coefficient (Wildman–Crippen LogP) is 2.87. The van der Waals surface area contributed by atoms with E-state index in [2.05, 4.69) is 15.5 Å². The van der Waals surface area contributed by atoms with E-state index in [-0.39, 0.29) is 0 Å². The number of hydrogen-bond acceptors (Lipinski definition) is 5. The fourth-order valence-corrected chi connectivity index (χ4v) is 2.58. The van der Waals surface area contributed by atoms with Crippen LogP contribution in [0.1, 0.15) is 24.7 Å². The lowest BCUT2D eigenvalue weighted by molar-refractivity contribution is 0.322. The normalized spacial score (nSPS) is 19.0. The highest BCUT2D eigenvalue weighted by Gasteiger charge is 2.22. The van der Waals surface area contributed by atoms with Crippen molar-refractivity contribution in [1.29, 1.82) is 0 Å². The van der Waals surface area contributed by atoms with Crippen molar-refractivity contribution in [3.05, 3.63) is 29.1 Å². The second kappa shape index (κ2) is 5.81. The number of rotatable bonds is 3. The summed E-state index contributed by atoms with van der Waals surface area (Å²) in [5.41, 5.74) is 0.788. The Morgan fingerprint density at radius 2 is 2.35 bits per heavy atom. The van der Waals surface area contributed by atoms with Gasteiger partial charge in [-0.15, -0.1) is 0 Å². The smallest absolute Gasteiger partial charge is 0.231 e. The van der Waals surface area contributed by atoms with E-state index in [9.17, 15) is 0 Å². The number of benzene rings is 1. The second-order valence-corrected chi connectivity index (χ2v) is 5.28. The molecule has 1 aliphatic heterocycles. The Labute approximate surface area is 122 Å². The first kappa shape index (κ1) is 13.4. The van der Waals surface area contributed by atoms with Crippen LogP contribution in [-0.2, 0) is 0 Å². The Kier molecular flexibility index (Phi) is 3.89. The summed E-state index contributed by atoms with van der Waals surface area (Å²) in [6.07, 6.45) is 2.21. The van der Waals surface area contributed by atoms with Gasteiger partial charge >= 0.3 is 0 Å². The van der Waals surface area contributed by atoms with E-state index >= 15 is 0 Å². The predicted molar refractivity (Wildman–Crippen MR) is 76.1 cm³/mol. The van der Waals surface area contributed by atoms with Crippen molar-refractivity contribution in [3.63, 3.8) is 0 Å². The maximum absolute atomic E-state index is 5.96. The lowest BCUT2D eigenvalue weighted by Crippen LogP contribution is -2.28. The molecule has 106 valence electrons. The molecule has 1 aliphatic rings. The summed E-state index contributed by atoms with van der Waals surface area (Å²) < 4.78 is 10.7. The van der Waals surface area contributed by atoms with Crippen molar-refractivity contribution in [2.75, 3.05) is 20.2 Å². The van der Waals surface area contributed by atoms with E-state index in [1.165, 1.54) is 0 Å². The van der Waals surface area contributed by atoms with Gasteiger partial charge in [0.05, 0.1) is 18.6 Å². The number of halogens is 1. The monoisotopic (exact) mass is 293 g/mol. The van der Waals surface area contributed by atoms with Crippen LogP contribution in [0, 0.1) is 0 Å². The van der Waals surface area contributed by atoms with Crippen molar-refractivity contribution in [1.82, 2.24) is 15.5 Å². The molecule has 6 heteroatoms. The average Bonchev–Trinajstić information content (AvgIpc) is 2.97. The summed E-state index contributed by atoms with van der Waals surface area (Å²) in [4.78, 5) is 4.50. The fourth-order valence-electron chi connectivity index (χ4n) is 2.42. The number of ether oxygens (including phenoxy) is 1. The Hall–Kier alpha value is -1.59. The number of methoxy groups -OCH3 is 1. The molecule has 1 saturated heterocycles. The van der Waals surface area contributed by atoms with Crippen LogP contribution in [0.15, 0.2) is 22.7 Å². The van der Waals surface area contributed by atoms with Gasteiger partial charge in [-0.1, -0.05) is 16.8 Å². The molecule has 0 radical (unpaired) electrons. The van der Waals surface area contributed by atoms with Gasteiger partial charge in [0.25, 0.3) is 0 Å². The highest BCUT2D eigenvalue weighted by atomic mass is 35.5. The molecule has 2 heterocycles. The third kappa shape index (κ3) is 2.64. The largest absolute Gasteiger partial charge is 0.496 e.